The van der Waals surface area contributed by atoms with E-state index in [-0.39, 0.29) is 27.9 Å². The molecule has 1 aliphatic rings. The number of halogens is 1. The van der Waals surface area contributed by atoms with Crippen LogP contribution in [0.4, 0.5) is 5.69 Å². The van der Waals surface area contributed by atoms with E-state index in [0.29, 0.717) is 0 Å². The number of amides is 1. The molecule has 1 fully saturated rings. The van der Waals surface area contributed by atoms with Crippen LogP contribution in [0.5, 0.6) is 0 Å². The van der Waals surface area contributed by atoms with Gasteiger partial charge in [-0.1, -0.05) is 11.6 Å². The molecule has 0 spiro atoms. The first kappa shape index (κ1) is 14.6. The minimum absolute atomic E-state index is 0.0571. The van der Waals surface area contributed by atoms with Crippen LogP contribution in [0.15, 0.2) is 18.2 Å². The Morgan fingerprint density at radius 1 is 1.50 bits per heavy atom. The van der Waals surface area contributed by atoms with Gasteiger partial charge in [-0.2, -0.15) is 0 Å². The minimum atomic E-state index is -1.11. The fraction of sp³-hybridized carbons (Fsp3) is 0.273. The molecule has 1 aromatic carbocycles. The van der Waals surface area contributed by atoms with Crippen molar-refractivity contribution < 1.29 is 19.6 Å². The molecule has 106 valence electrons. The zero-order valence-corrected chi connectivity index (χ0v) is 11.6. The van der Waals surface area contributed by atoms with Gasteiger partial charge in [-0.25, -0.2) is 4.79 Å². The molecule has 1 heterocycles. The number of nitrogens with zero attached hydrogens (tertiary/aromatic N) is 2. The van der Waals surface area contributed by atoms with Crippen molar-refractivity contribution in [3.05, 3.63) is 38.9 Å². The second-order valence-corrected chi connectivity index (χ2v) is 5.46. The van der Waals surface area contributed by atoms with Crippen LogP contribution in [0.1, 0.15) is 10.4 Å². The lowest BCUT2D eigenvalue weighted by atomic mass is 10.1. The highest BCUT2D eigenvalue weighted by Crippen LogP contribution is 2.28. The standard InChI is InChI=1S/C11H9ClN2O5S/c12-8-2-1-6(14(18)19)3-7(8)10(15)13-5-20-4-9(13)11(16)17/h1-3,9H,4-5H2,(H,16,17). The third-order valence-electron chi connectivity index (χ3n) is 2.82. The summed E-state index contributed by atoms with van der Waals surface area (Å²) < 4.78 is 0. The Balaban J connectivity index is 2.35. The molecular formula is C11H9ClN2O5S. The van der Waals surface area contributed by atoms with Gasteiger partial charge >= 0.3 is 5.97 Å². The quantitative estimate of drug-likeness (QED) is 0.674. The molecule has 0 bridgehead atoms. The van der Waals surface area contributed by atoms with Crippen LogP contribution in [0.3, 0.4) is 0 Å². The normalized spacial score (nSPS) is 18.1. The summed E-state index contributed by atoms with van der Waals surface area (Å²) in [6.45, 7) is 0. The number of benzene rings is 1. The maximum atomic E-state index is 12.3. The summed E-state index contributed by atoms with van der Waals surface area (Å²) in [5.41, 5.74) is -0.328. The third kappa shape index (κ3) is 2.70. The zero-order chi connectivity index (χ0) is 14.9. The Bertz CT molecular complexity index is 594. The summed E-state index contributed by atoms with van der Waals surface area (Å²) >= 11 is 7.18. The van der Waals surface area contributed by atoms with E-state index in [1.807, 2.05) is 0 Å². The van der Waals surface area contributed by atoms with Crippen molar-refractivity contribution >= 4 is 40.9 Å². The lowest BCUT2D eigenvalue weighted by Crippen LogP contribution is -2.41. The Morgan fingerprint density at radius 3 is 2.80 bits per heavy atom. The predicted octanol–water partition coefficient (Wildman–Crippen LogP) is 1.85. The lowest BCUT2D eigenvalue weighted by molar-refractivity contribution is -0.384. The van der Waals surface area contributed by atoms with E-state index in [1.165, 1.54) is 23.9 Å². The molecule has 1 atom stereocenters. The van der Waals surface area contributed by atoms with Crippen molar-refractivity contribution in [1.29, 1.82) is 0 Å². The molecule has 0 saturated carbocycles. The monoisotopic (exact) mass is 316 g/mol. The van der Waals surface area contributed by atoms with Gasteiger partial charge in [-0.05, 0) is 6.07 Å². The average Bonchev–Trinajstić information content (AvgIpc) is 2.87. The zero-order valence-electron chi connectivity index (χ0n) is 9.98. The largest absolute Gasteiger partial charge is 0.480 e. The van der Waals surface area contributed by atoms with Crippen LogP contribution in [-0.2, 0) is 4.79 Å². The smallest absolute Gasteiger partial charge is 0.327 e. The maximum absolute atomic E-state index is 12.3. The van der Waals surface area contributed by atoms with Gasteiger partial charge in [-0.3, -0.25) is 14.9 Å². The third-order valence-corrected chi connectivity index (χ3v) is 4.16. The Kier molecular flexibility index (Phi) is 4.15. The molecule has 20 heavy (non-hydrogen) atoms. The van der Waals surface area contributed by atoms with Crippen molar-refractivity contribution in [2.75, 3.05) is 11.6 Å². The summed E-state index contributed by atoms with van der Waals surface area (Å²) in [5, 5.41) is 19.8. The van der Waals surface area contributed by atoms with Gasteiger partial charge < -0.3 is 10.0 Å². The highest BCUT2D eigenvalue weighted by molar-refractivity contribution is 7.99. The summed E-state index contributed by atoms with van der Waals surface area (Å²) in [5.74, 6) is -1.22. The van der Waals surface area contributed by atoms with Gasteiger partial charge in [0.2, 0.25) is 0 Å². The van der Waals surface area contributed by atoms with Crippen LogP contribution in [0.2, 0.25) is 5.02 Å². The van der Waals surface area contributed by atoms with Crippen LogP contribution >= 0.6 is 23.4 Å². The number of non-ortho nitro benzene ring substituents is 1. The summed E-state index contributed by atoms with van der Waals surface area (Å²) in [6, 6.07) is 2.56. The number of carbonyl (C=O) groups is 2. The van der Waals surface area contributed by atoms with Crippen molar-refractivity contribution in [3.8, 4) is 0 Å². The van der Waals surface area contributed by atoms with Crippen molar-refractivity contribution in [2.24, 2.45) is 0 Å². The molecule has 1 N–H and O–H groups in total. The van der Waals surface area contributed by atoms with Gasteiger partial charge in [0.05, 0.1) is 21.4 Å². The highest BCUT2D eigenvalue weighted by atomic mass is 35.5. The minimum Gasteiger partial charge on any atom is -0.480 e. The highest BCUT2D eigenvalue weighted by Gasteiger charge is 2.36. The van der Waals surface area contributed by atoms with Crippen LogP contribution in [0.25, 0.3) is 0 Å². The Morgan fingerprint density at radius 2 is 2.20 bits per heavy atom. The van der Waals surface area contributed by atoms with Crippen molar-refractivity contribution in [3.63, 3.8) is 0 Å². The predicted molar refractivity (Wildman–Crippen MR) is 73.0 cm³/mol. The number of hydrogen-bond acceptors (Lipinski definition) is 5. The van der Waals surface area contributed by atoms with Crippen LogP contribution < -0.4 is 0 Å². The summed E-state index contributed by atoms with van der Waals surface area (Å²) in [7, 11) is 0. The van der Waals surface area contributed by atoms with Gasteiger partial charge in [0.25, 0.3) is 11.6 Å². The summed E-state index contributed by atoms with van der Waals surface area (Å²) in [4.78, 5) is 34.6. The first-order valence-corrected chi connectivity index (χ1v) is 7.00. The van der Waals surface area contributed by atoms with Crippen molar-refractivity contribution in [1.82, 2.24) is 4.90 Å². The fourth-order valence-corrected chi connectivity index (χ4v) is 3.14. The number of hydrogen-bond donors (Lipinski definition) is 1. The number of nitro benzene ring substituents is 1. The molecule has 1 amide bonds. The van der Waals surface area contributed by atoms with Gasteiger partial charge in [0.15, 0.2) is 0 Å². The first-order valence-electron chi connectivity index (χ1n) is 5.47. The van der Waals surface area contributed by atoms with E-state index in [4.69, 9.17) is 16.7 Å². The topological polar surface area (TPSA) is 101 Å². The van der Waals surface area contributed by atoms with Gasteiger partial charge in [-0.15, -0.1) is 11.8 Å². The Labute approximate surface area is 122 Å². The Hall–Kier alpha value is -1.80. The number of carboxylic acids is 1. The maximum Gasteiger partial charge on any atom is 0.327 e. The first-order chi connectivity index (χ1) is 9.41. The van der Waals surface area contributed by atoms with Crippen LogP contribution in [-0.4, -0.2) is 44.5 Å². The number of nitro groups is 1. The SMILES string of the molecule is O=C(O)C1CSCN1C(=O)c1cc([N+](=O)[O-])ccc1Cl. The fourth-order valence-electron chi connectivity index (χ4n) is 1.79. The second-order valence-electron chi connectivity index (χ2n) is 4.05. The number of thioether (sulfide) groups is 1. The number of aliphatic carboxylic acids is 1. The molecule has 1 unspecified atom stereocenters. The molecule has 9 heteroatoms. The molecule has 0 aliphatic carbocycles. The van der Waals surface area contributed by atoms with Crippen molar-refractivity contribution in [2.45, 2.75) is 6.04 Å². The van der Waals surface area contributed by atoms with E-state index in [0.717, 1.165) is 11.0 Å². The van der Waals surface area contributed by atoms with Gasteiger partial charge in [0, 0.05) is 17.9 Å². The molecule has 0 aromatic heterocycles. The van der Waals surface area contributed by atoms with E-state index in [1.54, 1.807) is 0 Å². The average molecular weight is 317 g/mol. The molecule has 2 rings (SSSR count). The molecule has 1 aliphatic heterocycles. The number of rotatable bonds is 3. The van der Waals surface area contributed by atoms with E-state index in [9.17, 15) is 19.7 Å². The van der Waals surface area contributed by atoms with E-state index >= 15 is 0 Å². The number of carbonyl (C=O) groups excluding carboxylic acids is 1. The van der Waals surface area contributed by atoms with Crippen LogP contribution in [0, 0.1) is 10.1 Å². The second kappa shape index (κ2) is 5.68. The summed E-state index contributed by atoms with van der Waals surface area (Å²) in [6.07, 6.45) is 0. The molecule has 1 aromatic rings. The molecule has 0 radical (unpaired) electrons. The van der Waals surface area contributed by atoms with E-state index in [2.05, 4.69) is 0 Å². The molecule has 7 nitrogen and oxygen atoms in total. The number of carboxylic acid groups (broad SMARTS) is 1. The molecular weight excluding hydrogens is 308 g/mol. The van der Waals surface area contributed by atoms with E-state index < -0.39 is 22.8 Å². The van der Waals surface area contributed by atoms with Gasteiger partial charge in [0.1, 0.15) is 6.04 Å². The molecule has 1 saturated heterocycles. The lowest BCUT2D eigenvalue weighted by Gasteiger charge is -2.20.